The molecule has 0 aliphatic rings. The van der Waals surface area contributed by atoms with Crippen molar-refractivity contribution in [3.05, 3.63) is 63.6 Å². The number of rotatable bonds is 3. The van der Waals surface area contributed by atoms with E-state index in [-0.39, 0.29) is 12.7 Å². The van der Waals surface area contributed by atoms with Crippen LogP contribution in [0, 0.1) is 0 Å². The van der Waals surface area contributed by atoms with E-state index in [1.807, 2.05) is 0 Å². The monoisotopic (exact) mass is 398 g/mol. The van der Waals surface area contributed by atoms with Crippen LogP contribution >= 0.6 is 15.9 Å². The van der Waals surface area contributed by atoms with Crippen LogP contribution in [-0.2, 0) is 19.0 Å². The van der Waals surface area contributed by atoms with Gasteiger partial charge in [-0.3, -0.25) is 0 Å². The van der Waals surface area contributed by atoms with Crippen LogP contribution in [0.25, 0.3) is 0 Å². The summed E-state index contributed by atoms with van der Waals surface area (Å²) in [5.74, 6) is -0.672. The zero-order chi connectivity index (χ0) is 17.3. The largest absolute Gasteiger partial charge is 0.487 e. The van der Waals surface area contributed by atoms with E-state index in [9.17, 15) is 26.3 Å². The molecule has 0 unspecified atom stereocenters. The van der Waals surface area contributed by atoms with Gasteiger partial charge in [0.25, 0.3) is 0 Å². The Kier molecular flexibility index (Phi) is 4.93. The summed E-state index contributed by atoms with van der Waals surface area (Å²) in [7, 11) is 0. The average molecular weight is 399 g/mol. The van der Waals surface area contributed by atoms with Crippen molar-refractivity contribution in [1.29, 1.82) is 0 Å². The average Bonchev–Trinajstić information content (AvgIpc) is 2.44. The van der Waals surface area contributed by atoms with E-state index in [0.717, 1.165) is 0 Å². The molecular formula is C15H9BrF6O. The Balaban J connectivity index is 2.41. The molecule has 0 N–H and O–H groups in total. The maximum absolute atomic E-state index is 13.1. The van der Waals surface area contributed by atoms with Crippen molar-refractivity contribution in [2.75, 3.05) is 0 Å². The highest BCUT2D eigenvalue weighted by molar-refractivity contribution is 9.10. The van der Waals surface area contributed by atoms with Crippen LogP contribution in [0.5, 0.6) is 5.75 Å². The molecule has 0 bridgehead atoms. The summed E-state index contributed by atoms with van der Waals surface area (Å²) >= 11 is 2.73. The molecule has 2 rings (SSSR count). The normalized spacial score (nSPS) is 12.3. The van der Waals surface area contributed by atoms with Crippen molar-refractivity contribution in [3.8, 4) is 5.75 Å². The van der Waals surface area contributed by atoms with E-state index in [2.05, 4.69) is 15.9 Å². The number of halogens is 7. The lowest BCUT2D eigenvalue weighted by atomic mass is 10.1. The van der Waals surface area contributed by atoms with Crippen LogP contribution in [-0.4, -0.2) is 0 Å². The van der Waals surface area contributed by atoms with Gasteiger partial charge in [0.05, 0.1) is 15.6 Å². The lowest BCUT2D eigenvalue weighted by molar-refractivity contribution is -0.144. The number of alkyl halides is 6. The minimum atomic E-state index is -4.98. The second-order valence-corrected chi connectivity index (χ2v) is 5.46. The van der Waals surface area contributed by atoms with Crippen LogP contribution in [0.2, 0.25) is 0 Å². The van der Waals surface area contributed by atoms with Crippen LogP contribution in [0.1, 0.15) is 16.7 Å². The lowest BCUT2D eigenvalue weighted by Gasteiger charge is -2.18. The second-order valence-electron chi connectivity index (χ2n) is 4.60. The smallest absolute Gasteiger partial charge is 0.420 e. The minimum absolute atomic E-state index is 0.0467. The summed E-state index contributed by atoms with van der Waals surface area (Å²) in [6.07, 6.45) is -9.86. The predicted molar refractivity (Wildman–Crippen MR) is 74.9 cm³/mol. The number of ether oxygens (including phenoxy) is 1. The van der Waals surface area contributed by atoms with Crippen molar-refractivity contribution in [2.45, 2.75) is 19.0 Å². The molecule has 23 heavy (non-hydrogen) atoms. The highest BCUT2D eigenvalue weighted by atomic mass is 79.9. The first-order chi connectivity index (χ1) is 10.6. The van der Waals surface area contributed by atoms with Gasteiger partial charge >= 0.3 is 12.4 Å². The summed E-state index contributed by atoms with van der Waals surface area (Å²) in [4.78, 5) is 0. The fourth-order valence-corrected chi connectivity index (χ4v) is 2.42. The molecule has 2 aromatic rings. The predicted octanol–water partition coefficient (Wildman–Crippen LogP) is 6.07. The standard InChI is InChI=1S/C15H9BrF6O/c16-12-7-10(14(17,18)19)6-11(15(20,21)22)13(12)23-8-9-4-2-1-3-5-9/h1-7H,8H2. The molecule has 8 heteroatoms. The Morgan fingerprint density at radius 2 is 1.48 bits per heavy atom. The van der Waals surface area contributed by atoms with E-state index in [4.69, 9.17) is 4.74 Å². The van der Waals surface area contributed by atoms with Crippen molar-refractivity contribution in [2.24, 2.45) is 0 Å². The molecule has 0 saturated carbocycles. The quantitative estimate of drug-likeness (QED) is 0.570. The maximum atomic E-state index is 13.1. The van der Waals surface area contributed by atoms with Gasteiger partial charge in [-0.15, -0.1) is 0 Å². The Hall–Kier alpha value is -1.70. The van der Waals surface area contributed by atoms with Crippen LogP contribution in [0.15, 0.2) is 46.9 Å². The Labute approximate surface area is 136 Å². The van der Waals surface area contributed by atoms with Gasteiger partial charge in [0.2, 0.25) is 0 Å². The highest BCUT2D eigenvalue weighted by Gasteiger charge is 2.40. The van der Waals surface area contributed by atoms with E-state index in [0.29, 0.717) is 11.6 Å². The van der Waals surface area contributed by atoms with Gasteiger partial charge in [-0.05, 0) is 33.6 Å². The maximum Gasteiger partial charge on any atom is 0.420 e. The third kappa shape index (κ3) is 4.40. The molecule has 1 nitrogen and oxygen atoms in total. The first-order valence-corrected chi connectivity index (χ1v) is 7.03. The van der Waals surface area contributed by atoms with Gasteiger partial charge in [0.15, 0.2) is 0 Å². The zero-order valence-corrected chi connectivity index (χ0v) is 12.9. The van der Waals surface area contributed by atoms with Gasteiger partial charge in [0.1, 0.15) is 12.4 Å². The molecule has 0 radical (unpaired) electrons. The summed E-state index contributed by atoms with van der Waals surface area (Å²) in [6, 6.07) is 8.94. The fourth-order valence-electron chi connectivity index (χ4n) is 1.84. The summed E-state index contributed by atoms with van der Waals surface area (Å²) in [5.41, 5.74) is -2.29. The Morgan fingerprint density at radius 3 is 2.00 bits per heavy atom. The number of benzene rings is 2. The lowest BCUT2D eigenvalue weighted by Crippen LogP contribution is -2.13. The first-order valence-electron chi connectivity index (χ1n) is 6.23. The van der Waals surface area contributed by atoms with Gasteiger partial charge in [-0.2, -0.15) is 26.3 Å². The fraction of sp³-hybridized carbons (Fsp3) is 0.200. The van der Waals surface area contributed by atoms with E-state index < -0.39 is 33.7 Å². The van der Waals surface area contributed by atoms with Crippen LogP contribution in [0.4, 0.5) is 26.3 Å². The molecule has 0 fully saturated rings. The SMILES string of the molecule is FC(F)(F)c1cc(Br)c(OCc2ccccc2)c(C(F)(F)F)c1. The number of hydrogen-bond donors (Lipinski definition) is 0. The molecule has 124 valence electrons. The molecule has 0 aliphatic carbocycles. The van der Waals surface area contributed by atoms with Crippen molar-refractivity contribution in [1.82, 2.24) is 0 Å². The Morgan fingerprint density at radius 1 is 0.870 bits per heavy atom. The van der Waals surface area contributed by atoms with E-state index in [1.165, 1.54) is 0 Å². The zero-order valence-electron chi connectivity index (χ0n) is 11.3. The third-order valence-corrected chi connectivity index (χ3v) is 3.49. The molecule has 0 saturated heterocycles. The van der Waals surface area contributed by atoms with Gasteiger partial charge in [0, 0.05) is 0 Å². The topological polar surface area (TPSA) is 9.23 Å². The highest BCUT2D eigenvalue weighted by Crippen LogP contribution is 2.44. The number of hydrogen-bond acceptors (Lipinski definition) is 1. The summed E-state index contributed by atoms with van der Waals surface area (Å²) in [6.45, 7) is -0.201. The molecule has 0 aromatic heterocycles. The van der Waals surface area contributed by atoms with Crippen LogP contribution in [0.3, 0.4) is 0 Å². The first kappa shape index (κ1) is 17.7. The molecule has 0 atom stereocenters. The molecule has 0 aliphatic heterocycles. The molecular weight excluding hydrogens is 390 g/mol. The molecule has 0 heterocycles. The molecule has 2 aromatic carbocycles. The van der Waals surface area contributed by atoms with Gasteiger partial charge in [-0.25, -0.2) is 0 Å². The van der Waals surface area contributed by atoms with Crippen molar-refractivity contribution >= 4 is 15.9 Å². The summed E-state index contributed by atoms with van der Waals surface area (Å²) in [5, 5.41) is 0. The van der Waals surface area contributed by atoms with E-state index >= 15 is 0 Å². The molecule has 0 amide bonds. The van der Waals surface area contributed by atoms with Crippen molar-refractivity contribution < 1.29 is 31.1 Å². The minimum Gasteiger partial charge on any atom is -0.487 e. The summed E-state index contributed by atoms with van der Waals surface area (Å²) < 4.78 is 81.9. The van der Waals surface area contributed by atoms with Gasteiger partial charge in [-0.1, -0.05) is 30.3 Å². The van der Waals surface area contributed by atoms with Crippen LogP contribution < -0.4 is 4.74 Å². The molecule has 0 spiro atoms. The van der Waals surface area contributed by atoms with Crippen molar-refractivity contribution in [3.63, 3.8) is 0 Å². The third-order valence-electron chi connectivity index (χ3n) is 2.90. The second kappa shape index (κ2) is 6.43. The Bertz CT molecular complexity index is 679. The van der Waals surface area contributed by atoms with E-state index in [1.54, 1.807) is 30.3 Å². The van der Waals surface area contributed by atoms with Gasteiger partial charge < -0.3 is 4.74 Å².